The summed E-state index contributed by atoms with van der Waals surface area (Å²) in [6.07, 6.45) is 0.0456. The zero-order valence-electron chi connectivity index (χ0n) is 22.5. The Balaban J connectivity index is 1.33. The Bertz CT molecular complexity index is 1310. The highest BCUT2D eigenvalue weighted by Gasteiger charge is 2.52. The number of carbonyl (C=O) groups is 3. The Hall–Kier alpha value is -4.13. The Morgan fingerprint density at radius 3 is 2.08 bits per heavy atom. The smallest absolute Gasteiger partial charge is 0.407 e. The van der Waals surface area contributed by atoms with Gasteiger partial charge in [-0.15, -0.1) is 0 Å². The predicted molar refractivity (Wildman–Crippen MR) is 148 cm³/mol. The Labute approximate surface area is 229 Å². The van der Waals surface area contributed by atoms with Crippen LogP contribution in [0.4, 0.5) is 4.79 Å². The minimum absolute atomic E-state index is 0.0513. The molecular formula is C32H34N2O5. The van der Waals surface area contributed by atoms with Crippen LogP contribution in [0.3, 0.4) is 0 Å². The first-order valence-corrected chi connectivity index (χ1v) is 13.4. The van der Waals surface area contributed by atoms with E-state index >= 15 is 0 Å². The van der Waals surface area contributed by atoms with Crippen LogP contribution in [0.2, 0.25) is 0 Å². The first-order valence-electron chi connectivity index (χ1n) is 13.4. The van der Waals surface area contributed by atoms with Crippen molar-refractivity contribution in [1.29, 1.82) is 0 Å². The molecule has 1 aliphatic heterocycles. The maximum Gasteiger partial charge on any atom is 0.407 e. The highest BCUT2D eigenvalue weighted by molar-refractivity contribution is 5.91. The molecule has 0 saturated carbocycles. The van der Waals surface area contributed by atoms with Gasteiger partial charge in [0.05, 0.1) is 19.1 Å². The average Bonchev–Trinajstić information content (AvgIpc) is 3.26. The van der Waals surface area contributed by atoms with Crippen LogP contribution in [-0.4, -0.2) is 49.2 Å². The number of ether oxygens (including phenoxy) is 2. The van der Waals surface area contributed by atoms with Gasteiger partial charge in [0.2, 0.25) is 5.91 Å². The number of hydrogen-bond acceptors (Lipinski definition) is 5. The van der Waals surface area contributed by atoms with Crippen LogP contribution in [0, 0.1) is 11.8 Å². The average molecular weight is 527 g/mol. The number of benzene rings is 3. The zero-order valence-corrected chi connectivity index (χ0v) is 22.5. The van der Waals surface area contributed by atoms with E-state index in [1.807, 2.05) is 54.6 Å². The second kappa shape index (κ2) is 11.3. The summed E-state index contributed by atoms with van der Waals surface area (Å²) in [7, 11) is 1.31. The number of likely N-dealkylation sites (tertiary alicyclic amines) is 1. The molecule has 0 aromatic heterocycles. The molecule has 2 aliphatic rings. The molecule has 2 amide bonds. The van der Waals surface area contributed by atoms with Crippen LogP contribution < -0.4 is 5.32 Å². The SMILES string of the molecule is COC(=O)CN1C(=O)[C@H]([C@H](CC(C)C)NC(=O)OCC2c3ccccc3-c3ccccc32)[C@H]1c1ccccc1. The van der Waals surface area contributed by atoms with E-state index in [0.29, 0.717) is 6.42 Å². The lowest BCUT2D eigenvalue weighted by Crippen LogP contribution is -2.63. The standard InChI is InChI=1S/C32H34N2O5/c1-20(2)17-27(29-30(21-11-5-4-6-12-21)34(31(29)36)18-28(35)38-3)33-32(37)39-19-26-24-15-9-7-13-22(24)23-14-8-10-16-25(23)26/h4-16,20,26-27,29-30H,17-19H2,1-3H3,(H,33,37)/t27-,29+,30+/m0/s1. The first kappa shape index (κ1) is 26.5. The summed E-state index contributed by atoms with van der Waals surface area (Å²) in [5.41, 5.74) is 5.52. The number of nitrogens with one attached hydrogen (secondary N) is 1. The predicted octanol–water partition coefficient (Wildman–Crippen LogP) is 5.31. The lowest BCUT2D eigenvalue weighted by atomic mass is 9.75. The van der Waals surface area contributed by atoms with Gasteiger partial charge in [-0.1, -0.05) is 92.7 Å². The van der Waals surface area contributed by atoms with E-state index in [1.165, 1.54) is 12.0 Å². The van der Waals surface area contributed by atoms with Crippen molar-refractivity contribution in [2.75, 3.05) is 20.3 Å². The molecule has 0 radical (unpaired) electrons. The fourth-order valence-electron chi connectivity index (χ4n) is 5.98. The second-order valence-electron chi connectivity index (χ2n) is 10.6. The van der Waals surface area contributed by atoms with Crippen LogP contribution >= 0.6 is 0 Å². The summed E-state index contributed by atoms with van der Waals surface area (Å²) in [6, 6.07) is 25.2. The van der Waals surface area contributed by atoms with E-state index in [9.17, 15) is 14.4 Å². The highest BCUT2D eigenvalue weighted by atomic mass is 16.5. The lowest BCUT2D eigenvalue weighted by Gasteiger charge is -2.50. The van der Waals surface area contributed by atoms with Gasteiger partial charge in [-0.05, 0) is 40.2 Å². The summed E-state index contributed by atoms with van der Waals surface area (Å²) in [5, 5.41) is 3.02. The zero-order chi connectivity index (χ0) is 27.5. The third kappa shape index (κ3) is 5.26. The van der Waals surface area contributed by atoms with Crippen molar-refractivity contribution in [3.05, 3.63) is 95.6 Å². The lowest BCUT2D eigenvalue weighted by molar-refractivity contribution is -0.166. The van der Waals surface area contributed by atoms with Crippen molar-refractivity contribution in [3.8, 4) is 11.1 Å². The minimum atomic E-state index is -0.548. The molecule has 0 bridgehead atoms. The van der Waals surface area contributed by atoms with Gasteiger partial charge in [0.15, 0.2) is 0 Å². The van der Waals surface area contributed by atoms with Gasteiger partial charge in [-0.25, -0.2) is 4.79 Å². The summed E-state index contributed by atoms with van der Waals surface area (Å²) >= 11 is 0. The third-order valence-corrected chi connectivity index (χ3v) is 7.72. The van der Waals surface area contributed by atoms with Crippen LogP contribution in [-0.2, 0) is 19.1 Å². The van der Waals surface area contributed by atoms with Crippen molar-refractivity contribution in [2.45, 2.75) is 38.3 Å². The summed E-state index contributed by atoms with van der Waals surface area (Å²) in [6.45, 7) is 4.17. The van der Waals surface area contributed by atoms with Crippen molar-refractivity contribution in [1.82, 2.24) is 10.2 Å². The molecule has 1 N–H and O–H groups in total. The molecule has 7 heteroatoms. The van der Waals surface area contributed by atoms with E-state index in [-0.39, 0.29) is 36.9 Å². The van der Waals surface area contributed by atoms with Gasteiger partial charge in [0.25, 0.3) is 0 Å². The van der Waals surface area contributed by atoms with Crippen molar-refractivity contribution >= 4 is 18.0 Å². The Kier molecular flexibility index (Phi) is 7.68. The van der Waals surface area contributed by atoms with Gasteiger partial charge in [0, 0.05) is 12.0 Å². The molecule has 202 valence electrons. The van der Waals surface area contributed by atoms with E-state index in [1.54, 1.807) is 0 Å². The van der Waals surface area contributed by atoms with Crippen LogP contribution in [0.5, 0.6) is 0 Å². The molecule has 0 unspecified atom stereocenters. The molecule has 1 aliphatic carbocycles. The topological polar surface area (TPSA) is 84.9 Å². The quantitative estimate of drug-likeness (QED) is 0.302. The van der Waals surface area contributed by atoms with Crippen molar-refractivity contribution < 1.29 is 23.9 Å². The minimum Gasteiger partial charge on any atom is -0.468 e. The monoisotopic (exact) mass is 526 g/mol. The number of nitrogens with zero attached hydrogens (tertiary/aromatic N) is 1. The van der Waals surface area contributed by atoms with E-state index < -0.39 is 24.0 Å². The van der Waals surface area contributed by atoms with Crippen LogP contribution in [0.25, 0.3) is 11.1 Å². The van der Waals surface area contributed by atoms with Crippen molar-refractivity contribution in [3.63, 3.8) is 0 Å². The third-order valence-electron chi connectivity index (χ3n) is 7.72. The van der Waals surface area contributed by atoms with Gasteiger partial charge >= 0.3 is 12.1 Å². The van der Waals surface area contributed by atoms with Gasteiger partial charge in [-0.3, -0.25) is 9.59 Å². The molecule has 1 heterocycles. The Morgan fingerprint density at radius 1 is 0.897 bits per heavy atom. The molecule has 1 fully saturated rings. The number of fused-ring (bicyclic) bond motifs is 3. The molecule has 0 spiro atoms. The number of methoxy groups -OCH3 is 1. The highest BCUT2D eigenvalue weighted by Crippen LogP contribution is 2.45. The second-order valence-corrected chi connectivity index (χ2v) is 10.6. The number of alkyl carbamates (subject to hydrolysis) is 1. The fourth-order valence-corrected chi connectivity index (χ4v) is 5.98. The number of carbonyl (C=O) groups excluding carboxylic acids is 3. The van der Waals surface area contributed by atoms with Crippen LogP contribution in [0.15, 0.2) is 78.9 Å². The molecule has 3 aromatic carbocycles. The largest absolute Gasteiger partial charge is 0.468 e. The number of esters is 1. The van der Waals surface area contributed by atoms with E-state index in [4.69, 9.17) is 9.47 Å². The summed E-state index contributed by atoms with van der Waals surface area (Å²) < 4.78 is 10.6. The molecule has 7 nitrogen and oxygen atoms in total. The van der Waals surface area contributed by atoms with E-state index in [2.05, 4.69) is 43.4 Å². The van der Waals surface area contributed by atoms with Crippen molar-refractivity contribution in [2.24, 2.45) is 11.8 Å². The van der Waals surface area contributed by atoms with Gasteiger partial charge < -0.3 is 19.7 Å². The van der Waals surface area contributed by atoms with Gasteiger partial charge in [-0.2, -0.15) is 0 Å². The van der Waals surface area contributed by atoms with E-state index in [0.717, 1.165) is 27.8 Å². The number of hydrogen-bond donors (Lipinski definition) is 1. The molecule has 39 heavy (non-hydrogen) atoms. The molecule has 3 aromatic rings. The summed E-state index contributed by atoms with van der Waals surface area (Å²) in [5.74, 6) is -1.00. The summed E-state index contributed by atoms with van der Waals surface area (Å²) in [4.78, 5) is 40.1. The maximum atomic E-state index is 13.4. The fraction of sp³-hybridized carbons (Fsp3) is 0.344. The molecule has 1 saturated heterocycles. The molecule has 3 atom stereocenters. The Morgan fingerprint density at radius 2 is 1.49 bits per heavy atom. The number of β-lactam (4-membered cyclic amide) rings is 1. The van der Waals surface area contributed by atoms with Crippen LogP contribution in [0.1, 0.15) is 48.9 Å². The molecule has 5 rings (SSSR count). The number of rotatable bonds is 9. The van der Waals surface area contributed by atoms with Gasteiger partial charge in [0.1, 0.15) is 13.2 Å². The molecular weight excluding hydrogens is 492 g/mol. The number of amides is 2. The normalized spacial score (nSPS) is 18.7. The first-order chi connectivity index (χ1) is 18.9. The maximum absolute atomic E-state index is 13.4.